The molecule has 0 saturated heterocycles. The summed E-state index contributed by atoms with van der Waals surface area (Å²) in [4.78, 5) is 21.2. The van der Waals surface area contributed by atoms with Gasteiger partial charge in [-0.2, -0.15) is 0 Å². The molecule has 7 heteroatoms. The SMILES string of the molecule is C[C@H](N)C(=O)Cn1cc(NC=O)nn1. The zero-order chi connectivity index (χ0) is 10.6. The van der Waals surface area contributed by atoms with Gasteiger partial charge in [-0.05, 0) is 6.92 Å². The second-order valence-corrected chi connectivity index (χ2v) is 2.82. The molecule has 0 unspecified atom stereocenters. The van der Waals surface area contributed by atoms with Crippen molar-refractivity contribution in [1.29, 1.82) is 0 Å². The molecule has 1 rings (SSSR count). The average Bonchev–Trinajstić information content (AvgIpc) is 2.53. The van der Waals surface area contributed by atoms with Gasteiger partial charge in [0, 0.05) is 0 Å². The van der Waals surface area contributed by atoms with Gasteiger partial charge in [-0.25, -0.2) is 4.68 Å². The summed E-state index contributed by atoms with van der Waals surface area (Å²) in [6.07, 6.45) is 1.94. The predicted molar refractivity (Wildman–Crippen MR) is 48.4 cm³/mol. The van der Waals surface area contributed by atoms with Crippen molar-refractivity contribution < 1.29 is 9.59 Å². The third kappa shape index (κ3) is 2.63. The van der Waals surface area contributed by atoms with Gasteiger partial charge in [-0.3, -0.25) is 9.59 Å². The highest BCUT2D eigenvalue weighted by molar-refractivity contribution is 5.83. The van der Waals surface area contributed by atoms with Crippen molar-refractivity contribution in [2.45, 2.75) is 19.5 Å². The Kier molecular flexibility index (Phi) is 3.29. The second kappa shape index (κ2) is 4.47. The third-order valence-corrected chi connectivity index (χ3v) is 1.57. The van der Waals surface area contributed by atoms with Crippen LogP contribution in [0.4, 0.5) is 5.82 Å². The number of amides is 1. The van der Waals surface area contributed by atoms with Crippen LogP contribution in [0.5, 0.6) is 0 Å². The molecule has 0 aromatic carbocycles. The van der Waals surface area contributed by atoms with Crippen LogP contribution in [0.3, 0.4) is 0 Å². The van der Waals surface area contributed by atoms with E-state index in [1.54, 1.807) is 6.92 Å². The van der Waals surface area contributed by atoms with E-state index in [0.29, 0.717) is 12.2 Å². The van der Waals surface area contributed by atoms with E-state index < -0.39 is 6.04 Å². The van der Waals surface area contributed by atoms with Crippen LogP contribution >= 0.6 is 0 Å². The van der Waals surface area contributed by atoms with Gasteiger partial charge in [0.05, 0.1) is 12.2 Å². The smallest absolute Gasteiger partial charge is 0.212 e. The molecule has 1 aromatic heterocycles. The number of hydrogen-bond donors (Lipinski definition) is 2. The molecule has 0 bridgehead atoms. The first-order valence-electron chi connectivity index (χ1n) is 4.02. The van der Waals surface area contributed by atoms with E-state index in [1.165, 1.54) is 10.9 Å². The van der Waals surface area contributed by atoms with Crippen molar-refractivity contribution in [3.63, 3.8) is 0 Å². The van der Waals surface area contributed by atoms with Crippen molar-refractivity contribution in [2.75, 3.05) is 5.32 Å². The van der Waals surface area contributed by atoms with Crippen molar-refractivity contribution in [1.82, 2.24) is 15.0 Å². The summed E-state index contributed by atoms with van der Waals surface area (Å²) in [6.45, 7) is 1.66. The molecule has 1 atom stereocenters. The Morgan fingerprint density at radius 3 is 3.14 bits per heavy atom. The molecule has 7 nitrogen and oxygen atoms in total. The van der Waals surface area contributed by atoms with Gasteiger partial charge in [0.1, 0.15) is 6.54 Å². The highest BCUT2D eigenvalue weighted by Gasteiger charge is 2.09. The van der Waals surface area contributed by atoms with Crippen LogP contribution < -0.4 is 11.1 Å². The lowest BCUT2D eigenvalue weighted by Crippen LogP contribution is -2.30. The molecular formula is C7H11N5O2. The lowest BCUT2D eigenvalue weighted by atomic mass is 10.2. The van der Waals surface area contributed by atoms with Gasteiger partial charge in [0.2, 0.25) is 6.41 Å². The Balaban J connectivity index is 2.59. The molecule has 0 aliphatic heterocycles. The minimum atomic E-state index is -0.526. The summed E-state index contributed by atoms with van der Waals surface area (Å²) in [5, 5.41) is 9.53. The van der Waals surface area contributed by atoms with Crippen LogP contribution in [-0.2, 0) is 16.1 Å². The van der Waals surface area contributed by atoms with E-state index in [0.717, 1.165) is 0 Å². The number of anilines is 1. The summed E-state index contributed by atoms with van der Waals surface area (Å²) < 4.78 is 1.32. The number of nitrogens with two attached hydrogens (primary N) is 1. The highest BCUT2D eigenvalue weighted by atomic mass is 16.1. The van der Waals surface area contributed by atoms with Gasteiger partial charge in [0.25, 0.3) is 0 Å². The van der Waals surface area contributed by atoms with E-state index in [1.807, 2.05) is 0 Å². The Morgan fingerprint density at radius 1 is 1.86 bits per heavy atom. The molecule has 1 amide bonds. The molecule has 0 spiro atoms. The van der Waals surface area contributed by atoms with Crippen LogP contribution in [0.2, 0.25) is 0 Å². The number of carbonyl (C=O) groups excluding carboxylic acids is 2. The van der Waals surface area contributed by atoms with Crippen LogP contribution in [0.1, 0.15) is 6.92 Å². The first-order chi connectivity index (χ1) is 6.63. The average molecular weight is 197 g/mol. The number of aromatic nitrogens is 3. The minimum Gasteiger partial charge on any atom is -0.322 e. The van der Waals surface area contributed by atoms with Crippen molar-refractivity contribution >= 4 is 18.0 Å². The Labute approximate surface area is 80.3 Å². The lowest BCUT2D eigenvalue weighted by Gasteiger charge is -2.02. The van der Waals surface area contributed by atoms with Crippen LogP contribution in [0, 0.1) is 0 Å². The number of rotatable bonds is 5. The molecule has 0 aliphatic carbocycles. The Hall–Kier alpha value is -1.76. The number of nitrogens with zero attached hydrogens (tertiary/aromatic N) is 3. The second-order valence-electron chi connectivity index (χ2n) is 2.82. The van der Waals surface area contributed by atoms with Crippen LogP contribution in [0.25, 0.3) is 0 Å². The fourth-order valence-electron chi connectivity index (χ4n) is 0.806. The summed E-state index contributed by atoms with van der Waals surface area (Å²) in [5.41, 5.74) is 5.37. The summed E-state index contributed by atoms with van der Waals surface area (Å²) in [7, 11) is 0. The first kappa shape index (κ1) is 10.3. The van der Waals surface area contributed by atoms with Gasteiger partial charge in [-0.15, -0.1) is 5.10 Å². The maximum Gasteiger partial charge on any atom is 0.212 e. The zero-order valence-electron chi connectivity index (χ0n) is 7.67. The molecule has 0 saturated carbocycles. The third-order valence-electron chi connectivity index (χ3n) is 1.57. The molecule has 14 heavy (non-hydrogen) atoms. The number of carbonyl (C=O) groups is 2. The van der Waals surface area contributed by atoms with Gasteiger partial charge in [0.15, 0.2) is 11.6 Å². The van der Waals surface area contributed by atoms with Gasteiger partial charge < -0.3 is 11.1 Å². The van der Waals surface area contributed by atoms with E-state index in [2.05, 4.69) is 15.6 Å². The summed E-state index contributed by atoms with van der Waals surface area (Å²) in [5.74, 6) is 0.157. The molecule has 0 aliphatic rings. The highest BCUT2D eigenvalue weighted by Crippen LogP contribution is 1.98. The van der Waals surface area contributed by atoms with Crippen molar-refractivity contribution in [3.05, 3.63) is 6.20 Å². The van der Waals surface area contributed by atoms with E-state index in [-0.39, 0.29) is 12.3 Å². The first-order valence-corrected chi connectivity index (χ1v) is 4.02. The molecule has 1 aromatic rings. The Morgan fingerprint density at radius 2 is 2.57 bits per heavy atom. The fraction of sp³-hybridized carbons (Fsp3) is 0.429. The number of ketones is 1. The Bertz CT molecular complexity index is 333. The predicted octanol–water partition coefficient (Wildman–Crippen LogP) is -1.24. The summed E-state index contributed by atoms with van der Waals surface area (Å²) in [6, 6.07) is -0.526. The zero-order valence-corrected chi connectivity index (χ0v) is 7.67. The van der Waals surface area contributed by atoms with Gasteiger partial charge >= 0.3 is 0 Å². The van der Waals surface area contributed by atoms with Gasteiger partial charge in [-0.1, -0.05) is 5.21 Å². The number of Topliss-reactive ketones (excluding diaryl/α,β-unsaturated/α-hetero) is 1. The van der Waals surface area contributed by atoms with Crippen molar-refractivity contribution in [3.8, 4) is 0 Å². The molecule has 0 fully saturated rings. The normalized spacial score (nSPS) is 12.1. The molecular weight excluding hydrogens is 186 g/mol. The largest absolute Gasteiger partial charge is 0.322 e. The standard InChI is InChI=1S/C7H11N5O2/c1-5(8)6(14)2-12-3-7(9-4-13)10-11-12/h3-5H,2,8H2,1H3,(H,9,13)/t5-/m0/s1. The summed E-state index contributed by atoms with van der Waals surface area (Å²) >= 11 is 0. The van der Waals surface area contributed by atoms with Crippen LogP contribution in [0.15, 0.2) is 6.20 Å². The van der Waals surface area contributed by atoms with E-state index >= 15 is 0 Å². The monoisotopic (exact) mass is 197 g/mol. The maximum absolute atomic E-state index is 11.2. The fourth-order valence-corrected chi connectivity index (χ4v) is 0.806. The lowest BCUT2D eigenvalue weighted by molar-refractivity contribution is -0.120. The molecule has 76 valence electrons. The number of nitrogens with one attached hydrogen (secondary N) is 1. The minimum absolute atomic E-state index is 0.0607. The maximum atomic E-state index is 11.2. The number of hydrogen-bond acceptors (Lipinski definition) is 5. The van der Waals surface area contributed by atoms with E-state index in [9.17, 15) is 9.59 Å². The van der Waals surface area contributed by atoms with Crippen LogP contribution in [-0.4, -0.2) is 33.2 Å². The quantitative estimate of drug-likeness (QED) is 0.575. The van der Waals surface area contributed by atoms with Crippen molar-refractivity contribution in [2.24, 2.45) is 5.73 Å². The molecule has 1 heterocycles. The molecule has 0 radical (unpaired) electrons. The van der Waals surface area contributed by atoms with E-state index in [4.69, 9.17) is 5.73 Å². The molecule has 3 N–H and O–H groups in total. The topological polar surface area (TPSA) is 103 Å².